The molecule has 0 saturated heterocycles. The van der Waals surface area contributed by atoms with E-state index in [1.807, 2.05) is 31.2 Å². The predicted octanol–water partition coefficient (Wildman–Crippen LogP) is 4.10. The van der Waals surface area contributed by atoms with Gasteiger partial charge in [-0.15, -0.1) is 0 Å². The monoisotopic (exact) mass is 326 g/mol. The molecule has 0 spiro atoms. The van der Waals surface area contributed by atoms with Crippen molar-refractivity contribution >= 4 is 11.6 Å². The molecule has 2 aromatic rings. The predicted molar refractivity (Wildman–Crippen MR) is 98.8 cm³/mol. The fourth-order valence-corrected chi connectivity index (χ4v) is 2.62. The van der Waals surface area contributed by atoms with Crippen LogP contribution in [0.3, 0.4) is 0 Å². The summed E-state index contributed by atoms with van der Waals surface area (Å²) in [6, 6.07) is 13.5. The maximum Gasteiger partial charge on any atom is 0.255 e. The van der Waals surface area contributed by atoms with Gasteiger partial charge in [0, 0.05) is 17.8 Å². The molecular weight excluding hydrogens is 300 g/mol. The summed E-state index contributed by atoms with van der Waals surface area (Å²) in [6.45, 7) is 9.25. The summed E-state index contributed by atoms with van der Waals surface area (Å²) in [5.41, 5.74) is 3.62. The number of amides is 1. The Morgan fingerprint density at radius 2 is 1.75 bits per heavy atom. The van der Waals surface area contributed by atoms with Crippen molar-refractivity contribution in [2.45, 2.75) is 27.3 Å². The zero-order chi connectivity index (χ0) is 17.5. The van der Waals surface area contributed by atoms with Crippen LogP contribution < -0.4 is 10.1 Å². The van der Waals surface area contributed by atoms with Gasteiger partial charge in [-0.05, 0) is 61.5 Å². The van der Waals surface area contributed by atoms with Gasteiger partial charge in [-0.1, -0.05) is 26.0 Å². The number of rotatable bonds is 7. The molecule has 0 heterocycles. The van der Waals surface area contributed by atoms with E-state index >= 15 is 0 Å². The molecule has 2 aromatic carbocycles. The number of carbonyl (C=O) groups is 1. The van der Waals surface area contributed by atoms with E-state index in [1.165, 1.54) is 5.56 Å². The second kappa shape index (κ2) is 8.50. The number of hydrogen-bond acceptors (Lipinski definition) is 3. The van der Waals surface area contributed by atoms with E-state index in [4.69, 9.17) is 4.74 Å². The molecule has 0 bridgehead atoms. The van der Waals surface area contributed by atoms with E-state index in [-0.39, 0.29) is 5.91 Å². The molecule has 4 nitrogen and oxygen atoms in total. The largest absolute Gasteiger partial charge is 0.496 e. The maximum absolute atomic E-state index is 12.4. The van der Waals surface area contributed by atoms with Crippen LogP contribution in [0.25, 0.3) is 0 Å². The molecule has 4 heteroatoms. The molecule has 2 rings (SSSR count). The van der Waals surface area contributed by atoms with Crippen LogP contribution in [0.4, 0.5) is 5.69 Å². The molecular formula is C20H26N2O2. The Labute approximate surface area is 144 Å². The van der Waals surface area contributed by atoms with E-state index in [9.17, 15) is 4.79 Å². The Balaban J connectivity index is 2.02. The van der Waals surface area contributed by atoms with Gasteiger partial charge in [-0.25, -0.2) is 0 Å². The minimum Gasteiger partial charge on any atom is -0.496 e. The molecule has 0 fully saturated rings. The van der Waals surface area contributed by atoms with Crippen molar-refractivity contribution in [1.29, 1.82) is 0 Å². The lowest BCUT2D eigenvalue weighted by molar-refractivity contribution is 0.102. The first kappa shape index (κ1) is 18.0. The van der Waals surface area contributed by atoms with Crippen LogP contribution in [0, 0.1) is 6.92 Å². The highest BCUT2D eigenvalue weighted by molar-refractivity contribution is 6.04. The van der Waals surface area contributed by atoms with Crippen molar-refractivity contribution in [3.63, 3.8) is 0 Å². The zero-order valence-electron chi connectivity index (χ0n) is 14.9. The third-order valence-electron chi connectivity index (χ3n) is 4.17. The summed E-state index contributed by atoms with van der Waals surface area (Å²) in [4.78, 5) is 14.7. The van der Waals surface area contributed by atoms with Crippen LogP contribution >= 0.6 is 0 Å². The minimum atomic E-state index is -0.114. The number of methoxy groups -OCH3 is 1. The van der Waals surface area contributed by atoms with Crippen LogP contribution in [-0.4, -0.2) is 31.0 Å². The normalized spacial score (nSPS) is 10.7. The van der Waals surface area contributed by atoms with Gasteiger partial charge in [0.1, 0.15) is 5.75 Å². The fourth-order valence-electron chi connectivity index (χ4n) is 2.62. The lowest BCUT2D eigenvalue weighted by Gasteiger charge is -2.18. The lowest BCUT2D eigenvalue weighted by atomic mass is 10.1. The number of hydrogen-bond donors (Lipinski definition) is 1. The first-order valence-corrected chi connectivity index (χ1v) is 8.34. The average molecular weight is 326 g/mol. The number of benzene rings is 2. The number of aryl methyl sites for hydroxylation is 1. The van der Waals surface area contributed by atoms with E-state index in [1.54, 1.807) is 13.2 Å². The van der Waals surface area contributed by atoms with Crippen molar-refractivity contribution in [3.8, 4) is 5.75 Å². The third kappa shape index (κ3) is 4.59. The van der Waals surface area contributed by atoms with E-state index in [0.717, 1.165) is 36.6 Å². The Morgan fingerprint density at radius 3 is 2.29 bits per heavy atom. The third-order valence-corrected chi connectivity index (χ3v) is 4.17. The average Bonchev–Trinajstić information content (AvgIpc) is 2.60. The van der Waals surface area contributed by atoms with Gasteiger partial charge in [-0.2, -0.15) is 0 Å². The SMILES string of the molecule is CCN(CC)Cc1ccc(NC(=O)c2ccc(OC)c(C)c2)cc1. The minimum absolute atomic E-state index is 0.114. The smallest absolute Gasteiger partial charge is 0.255 e. The molecule has 1 amide bonds. The van der Waals surface area contributed by atoms with Crippen molar-refractivity contribution in [2.75, 3.05) is 25.5 Å². The number of carbonyl (C=O) groups excluding carboxylic acids is 1. The Bertz CT molecular complexity index is 677. The molecule has 0 saturated carbocycles. The molecule has 1 N–H and O–H groups in total. The van der Waals surface area contributed by atoms with Gasteiger partial charge >= 0.3 is 0 Å². The fraction of sp³-hybridized carbons (Fsp3) is 0.350. The molecule has 0 aliphatic heterocycles. The number of anilines is 1. The molecule has 0 atom stereocenters. The lowest BCUT2D eigenvalue weighted by Crippen LogP contribution is -2.22. The molecule has 0 aliphatic rings. The number of nitrogens with zero attached hydrogens (tertiary/aromatic N) is 1. The van der Waals surface area contributed by atoms with E-state index in [2.05, 4.69) is 36.2 Å². The van der Waals surface area contributed by atoms with Crippen LogP contribution in [-0.2, 0) is 6.54 Å². The Morgan fingerprint density at radius 1 is 1.08 bits per heavy atom. The molecule has 0 aliphatic carbocycles. The summed E-state index contributed by atoms with van der Waals surface area (Å²) in [5.74, 6) is 0.671. The molecule has 0 radical (unpaired) electrons. The first-order valence-electron chi connectivity index (χ1n) is 8.34. The van der Waals surface area contributed by atoms with E-state index < -0.39 is 0 Å². The van der Waals surface area contributed by atoms with Gasteiger partial charge in [0.2, 0.25) is 0 Å². The highest BCUT2D eigenvalue weighted by Gasteiger charge is 2.09. The summed E-state index contributed by atoms with van der Waals surface area (Å²) < 4.78 is 5.23. The summed E-state index contributed by atoms with van der Waals surface area (Å²) in [6.07, 6.45) is 0. The van der Waals surface area contributed by atoms with Crippen molar-refractivity contribution in [3.05, 3.63) is 59.2 Å². The van der Waals surface area contributed by atoms with Crippen LogP contribution in [0.15, 0.2) is 42.5 Å². The molecule has 128 valence electrons. The van der Waals surface area contributed by atoms with E-state index in [0.29, 0.717) is 5.56 Å². The topological polar surface area (TPSA) is 41.6 Å². The Hall–Kier alpha value is -2.33. The summed E-state index contributed by atoms with van der Waals surface area (Å²) >= 11 is 0. The van der Waals surface area contributed by atoms with Crippen LogP contribution in [0.1, 0.15) is 35.3 Å². The molecule has 24 heavy (non-hydrogen) atoms. The second-order valence-corrected chi connectivity index (χ2v) is 5.80. The van der Waals surface area contributed by atoms with Gasteiger partial charge < -0.3 is 10.1 Å². The van der Waals surface area contributed by atoms with Gasteiger partial charge in [0.15, 0.2) is 0 Å². The van der Waals surface area contributed by atoms with Gasteiger partial charge in [-0.3, -0.25) is 9.69 Å². The van der Waals surface area contributed by atoms with Crippen molar-refractivity contribution in [2.24, 2.45) is 0 Å². The molecule has 0 unspecified atom stereocenters. The molecule has 0 aromatic heterocycles. The van der Waals surface area contributed by atoms with Crippen LogP contribution in [0.2, 0.25) is 0 Å². The highest BCUT2D eigenvalue weighted by atomic mass is 16.5. The van der Waals surface area contributed by atoms with Crippen LogP contribution in [0.5, 0.6) is 5.75 Å². The Kier molecular flexibility index (Phi) is 6.38. The number of nitrogens with one attached hydrogen (secondary N) is 1. The maximum atomic E-state index is 12.4. The van der Waals surface area contributed by atoms with Gasteiger partial charge in [0.05, 0.1) is 7.11 Å². The second-order valence-electron chi connectivity index (χ2n) is 5.80. The van der Waals surface area contributed by atoms with Gasteiger partial charge in [0.25, 0.3) is 5.91 Å². The summed E-state index contributed by atoms with van der Waals surface area (Å²) in [5, 5.41) is 2.94. The zero-order valence-corrected chi connectivity index (χ0v) is 14.9. The van der Waals surface area contributed by atoms with Crippen molar-refractivity contribution < 1.29 is 9.53 Å². The summed E-state index contributed by atoms with van der Waals surface area (Å²) in [7, 11) is 1.63. The number of ether oxygens (including phenoxy) is 1. The quantitative estimate of drug-likeness (QED) is 0.833. The highest BCUT2D eigenvalue weighted by Crippen LogP contribution is 2.19. The van der Waals surface area contributed by atoms with Crippen molar-refractivity contribution in [1.82, 2.24) is 4.90 Å². The standard InChI is InChI=1S/C20H26N2O2/c1-5-22(6-2)14-16-7-10-18(11-8-16)21-20(23)17-9-12-19(24-4)15(3)13-17/h7-13H,5-6,14H2,1-4H3,(H,21,23). The first-order chi connectivity index (χ1) is 11.6.